The highest BCUT2D eigenvalue weighted by Gasteiger charge is 2.45. The van der Waals surface area contributed by atoms with Crippen LogP contribution in [0.2, 0.25) is 0 Å². The van der Waals surface area contributed by atoms with Crippen molar-refractivity contribution in [3.8, 4) is 0 Å². The number of thioether (sulfide) groups is 1. The highest BCUT2D eigenvalue weighted by atomic mass is 32.2. The van der Waals surface area contributed by atoms with Crippen LogP contribution in [0.25, 0.3) is 0 Å². The number of benzene rings is 1. The Hall–Kier alpha value is -1.27. The Kier molecular flexibility index (Phi) is 4.88. The van der Waals surface area contributed by atoms with Crippen LogP contribution < -0.4 is 10.6 Å². The van der Waals surface area contributed by atoms with E-state index in [1.165, 1.54) is 18.2 Å². The van der Waals surface area contributed by atoms with Gasteiger partial charge in [0, 0.05) is 17.5 Å². The van der Waals surface area contributed by atoms with Crippen LogP contribution in [-0.4, -0.2) is 34.3 Å². The lowest BCUT2D eigenvalue weighted by Gasteiger charge is -2.44. The quantitative estimate of drug-likeness (QED) is 0.783. The Morgan fingerprint density at radius 3 is 3.00 bits per heavy atom. The van der Waals surface area contributed by atoms with E-state index in [-0.39, 0.29) is 11.8 Å². The number of rotatable bonds is 5. The zero-order chi connectivity index (χ0) is 14.6. The summed E-state index contributed by atoms with van der Waals surface area (Å²) in [6, 6.07) is 5.26. The predicted octanol–water partition coefficient (Wildman–Crippen LogP) is 2.59. The first-order valence-electron chi connectivity index (χ1n) is 6.68. The van der Waals surface area contributed by atoms with Crippen molar-refractivity contribution in [2.24, 2.45) is 0 Å². The van der Waals surface area contributed by atoms with Crippen molar-refractivity contribution in [1.82, 2.24) is 5.32 Å². The van der Waals surface area contributed by atoms with Gasteiger partial charge in [-0.2, -0.15) is 11.8 Å². The van der Waals surface area contributed by atoms with Crippen molar-refractivity contribution in [3.05, 3.63) is 30.1 Å². The molecule has 1 aliphatic rings. The number of hydrogen-bond acceptors (Lipinski definition) is 3. The van der Waals surface area contributed by atoms with E-state index in [0.29, 0.717) is 12.1 Å². The van der Waals surface area contributed by atoms with Crippen molar-refractivity contribution >= 4 is 23.5 Å². The molecule has 2 atom stereocenters. The lowest BCUT2D eigenvalue weighted by atomic mass is 9.79. The zero-order valence-corrected chi connectivity index (χ0v) is 12.2. The van der Waals surface area contributed by atoms with Crippen LogP contribution in [-0.2, 0) is 0 Å². The van der Waals surface area contributed by atoms with Crippen LogP contribution in [0.1, 0.15) is 19.8 Å². The summed E-state index contributed by atoms with van der Waals surface area (Å²) in [4.78, 5) is 11.7. The Balaban J connectivity index is 1.81. The first kappa shape index (κ1) is 15.1. The van der Waals surface area contributed by atoms with Crippen LogP contribution in [0.5, 0.6) is 0 Å². The molecule has 1 aliphatic carbocycles. The average Bonchev–Trinajstić information content (AvgIpc) is 2.41. The molecule has 0 aromatic heterocycles. The molecule has 2 rings (SSSR count). The topological polar surface area (TPSA) is 61.4 Å². The van der Waals surface area contributed by atoms with Gasteiger partial charge in [0.05, 0.1) is 5.60 Å². The van der Waals surface area contributed by atoms with E-state index in [2.05, 4.69) is 10.6 Å². The molecule has 3 N–H and O–H groups in total. The number of anilines is 1. The first-order chi connectivity index (χ1) is 9.53. The summed E-state index contributed by atoms with van der Waals surface area (Å²) in [5, 5.41) is 15.7. The second-order valence-corrected chi connectivity index (χ2v) is 6.38. The summed E-state index contributed by atoms with van der Waals surface area (Å²) >= 11 is 1.71. The van der Waals surface area contributed by atoms with E-state index < -0.39 is 17.4 Å². The molecule has 1 saturated carbocycles. The third-order valence-corrected chi connectivity index (χ3v) is 4.85. The Bertz CT molecular complexity index is 486. The lowest BCUT2D eigenvalue weighted by Crippen LogP contribution is -2.57. The van der Waals surface area contributed by atoms with E-state index in [1.54, 1.807) is 17.8 Å². The lowest BCUT2D eigenvalue weighted by molar-refractivity contribution is -0.0206. The first-order valence-corrected chi connectivity index (χ1v) is 7.73. The van der Waals surface area contributed by atoms with Gasteiger partial charge in [-0.1, -0.05) is 13.0 Å². The van der Waals surface area contributed by atoms with Crippen LogP contribution in [0.15, 0.2) is 24.3 Å². The standard InChI is InChI=1S/C14H19FN2O2S/c1-2-20-12-6-7-14(12,19)9-16-13(18)17-11-5-3-4-10(15)8-11/h3-5,8,12,19H,2,6-7,9H2,1H3,(H2,16,17,18)/t12-,14+/m1/s1. The van der Waals surface area contributed by atoms with Gasteiger partial charge in [0.15, 0.2) is 0 Å². The maximum Gasteiger partial charge on any atom is 0.319 e. The van der Waals surface area contributed by atoms with E-state index in [1.807, 2.05) is 6.92 Å². The molecule has 0 bridgehead atoms. The summed E-state index contributed by atoms with van der Waals surface area (Å²) < 4.78 is 13.0. The summed E-state index contributed by atoms with van der Waals surface area (Å²) in [7, 11) is 0. The highest BCUT2D eigenvalue weighted by molar-refractivity contribution is 8.00. The van der Waals surface area contributed by atoms with Gasteiger partial charge in [-0.25, -0.2) is 9.18 Å². The summed E-state index contributed by atoms with van der Waals surface area (Å²) in [6.07, 6.45) is 1.67. The molecule has 0 saturated heterocycles. The molecule has 1 fully saturated rings. The number of halogens is 1. The molecule has 1 aromatic rings. The number of aliphatic hydroxyl groups is 1. The number of amides is 2. The molecule has 1 aromatic carbocycles. The molecule has 2 amide bonds. The molecule has 110 valence electrons. The molecule has 0 spiro atoms. The SMILES string of the molecule is CCS[C@@H]1CC[C@]1(O)CNC(=O)Nc1cccc(F)c1. The van der Waals surface area contributed by atoms with Gasteiger partial charge in [-0.15, -0.1) is 0 Å². The van der Waals surface area contributed by atoms with Crippen LogP contribution in [0.4, 0.5) is 14.9 Å². The second-order valence-electron chi connectivity index (χ2n) is 4.90. The molecule has 20 heavy (non-hydrogen) atoms. The molecular weight excluding hydrogens is 279 g/mol. The van der Waals surface area contributed by atoms with E-state index in [4.69, 9.17) is 0 Å². The molecular formula is C14H19FN2O2S. The van der Waals surface area contributed by atoms with Gasteiger partial charge in [0.2, 0.25) is 0 Å². The van der Waals surface area contributed by atoms with Crippen molar-refractivity contribution in [2.45, 2.75) is 30.6 Å². The summed E-state index contributed by atoms with van der Waals surface area (Å²) in [5.41, 5.74) is -0.428. The van der Waals surface area contributed by atoms with Gasteiger partial charge in [-0.05, 0) is 36.8 Å². The third kappa shape index (κ3) is 3.64. The molecule has 0 unspecified atom stereocenters. The maximum absolute atomic E-state index is 13.0. The smallest absolute Gasteiger partial charge is 0.319 e. The Labute approximate surface area is 122 Å². The highest BCUT2D eigenvalue weighted by Crippen LogP contribution is 2.40. The second kappa shape index (κ2) is 6.45. The molecule has 0 aliphatic heterocycles. The van der Waals surface area contributed by atoms with E-state index in [0.717, 1.165) is 12.2 Å². The number of carbonyl (C=O) groups excluding carboxylic acids is 1. The average molecular weight is 298 g/mol. The molecule has 0 radical (unpaired) electrons. The minimum absolute atomic E-state index is 0.182. The number of hydrogen-bond donors (Lipinski definition) is 3. The normalized spacial score (nSPS) is 24.9. The van der Waals surface area contributed by atoms with E-state index in [9.17, 15) is 14.3 Å². The minimum Gasteiger partial charge on any atom is -0.387 e. The largest absolute Gasteiger partial charge is 0.387 e. The zero-order valence-electron chi connectivity index (χ0n) is 11.4. The van der Waals surface area contributed by atoms with Gasteiger partial charge in [-0.3, -0.25) is 0 Å². The maximum atomic E-state index is 13.0. The van der Waals surface area contributed by atoms with Crippen molar-refractivity contribution in [3.63, 3.8) is 0 Å². The fourth-order valence-electron chi connectivity index (χ4n) is 2.21. The fraction of sp³-hybridized carbons (Fsp3) is 0.500. The third-order valence-electron chi connectivity index (χ3n) is 3.44. The Morgan fingerprint density at radius 2 is 2.40 bits per heavy atom. The summed E-state index contributed by atoms with van der Waals surface area (Å²) in [6.45, 7) is 2.26. The fourth-order valence-corrected chi connectivity index (χ4v) is 3.41. The van der Waals surface area contributed by atoms with Crippen LogP contribution in [0, 0.1) is 5.82 Å². The minimum atomic E-state index is -0.819. The predicted molar refractivity (Wildman–Crippen MR) is 79.5 cm³/mol. The molecule has 6 heteroatoms. The van der Waals surface area contributed by atoms with E-state index >= 15 is 0 Å². The van der Waals surface area contributed by atoms with Crippen molar-refractivity contribution in [1.29, 1.82) is 0 Å². The van der Waals surface area contributed by atoms with Gasteiger partial charge in [0.1, 0.15) is 5.82 Å². The Morgan fingerprint density at radius 1 is 1.60 bits per heavy atom. The summed E-state index contributed by atoms with van der Waals surface area (Å²) in [5.74, 6) is 0.544. The van der Waals surface area contributed by atoms with Crippen LogP contribution in [0.3, 0.4) is 0 Å². The van der Waals surface area contributed by atoms with Crippen molar-refractivity contribution < 1.29 is 14.3 Å². The molecule has 0 heterocycles. The van der Waals surface area contributed by atoms with Crippen LogP contribution >= 0.6 is 11.8 Å². The number of urea groups is 1. The molecule has 4 nitrogen and oxygen atoms in total. The van der Waals surface area contributed by atoms with Crippen molar-refractivity contribution in [2.75, 3.05) is 17.6 Å². The van der Waals surface area contributed by atoms with Gasteiger partial charge in [0.25, 0.3) is 0 Å². The monoisotopic (exact) mass is 298 g/mol. The van der Waals surface area contributed by atoms with Gasteiger partial charge >= 0.3 is 6.03 Å². The number of nitrogens with one attached hydrogen (secondary N) is 2. The number of carbonyl (C=O) groups is 1. The van der Waals surface area contributed by atoms with Gasteiger partial charge < -0.3 is 15.7 Å².